The van der Waals surface area contributed by atoms with Gasteiger partial charge in [0.25, 0.3) is 11.8 Å². The lowest BCUT2D eigenvalue weighted by molar-refractivity contribution is 0.0712. The van der Waals surface area contributed by atoms with Crippen molar-refractivity contribution in [2.75, 3.05) is 36.5 Å². The first kappa shape index (κ1) is 22.3. The molecule has 0 atom stereocenters. The highest BCUT2D eigenvalue weighted by Crippen LogP contribution is 2.29. The number of hydrogen-bond acceptors (Lipinski definition) is 5. The molecule has 2 heterocycles. The largest absolute Gasteiger partial charge is 0.399 e. The van der Waals surface area contributed by atoms with Gasteiger partial charge in [0.1, 0.15) is 5.82 Å². The van der Waals surface area contributed by atoms with E-state index in [9.17, 15) is 9.59 Å². The Morgan fingerprint density at radius 3 is 2.33 bits per heavy atom. The number of aryl methyl sites for hydroxylation is 1. The van der Waals surface area contributed by atoms with Crippen LogP contribution in [0.3, 0.4) is 0 Å². The zero-order valence-electron chi connectivity index (χ0n) is 19.0. The third-order valence-corrected chi connectivity index (χ3v) is 6.20. The number of nitrogens with two attached hydrogens (primary N) is 1. The second-order valence-electron chi connectivity index (χ2n) is 8.40. The van der Waals surface area contributed by atoms with E-state index in [2.05, 4.69) is 27.8 Å². The average Bonchev–Trinajstić information content (AvgIpc) is 2.85. The molecule has 7 heteroatoms. The summed E-state index contributed by atoms with van der Waals surface area (Å²) in [5, 5.41) is 5.84. The fraction of sp³-hybridized carbons (Fsp3) is 0.269. The summed E-state index contributed by atoms with van der Waals surface area (Å²) in [6.45, 7) is 3.31. The number of aromatic nitrogens is 1. The quantitative estimate of drug-likeness (QED) is 0.511. The highest BCUT2D eigenvalue weighted by Gasteiger charge is 2.25. The van der Waals surface area contributed by atoms with E-state index in [-0.39, 0.29) is 11.8 Å². The van der Waals surface area contributed by atoms with Gasteiger partial charge in [0, 0.05) is 43.3 Å². The molecule has 0 radical (unpaired) electrons. The summed E-state index contributed by atoms with van der Waals surface area (Å²) in [5.41, 5.74) is 10.4. The molecule has 4 N–H and O–H groups in total. The fourth-order valence-electron chi connectivity index (χ4n) is 4.13. The molecule has 1 aliphatic heterocycles. The number of pyridine rings is 1. The summed E-state index contributed by atoms with van der Waals surface area (Å²) in [5.74, 6) is 0.851. The normalized spacial score (nSPS) is 14.1. The van der Waals surface area contributed by atoms with Crippen LogP contribution < -0.4 is 16.4 Å². The Hall–Kier alpha value is -3.87. The number of nitrogen functional groups attached to an aromatic ring is 1. The van der Waals surface area contributed by atoms with Crippen LogP contribution in [0.25, 0.3) is 0 Å². The minimum absolute atomic E-state index is 0.0127. The fourth-order valence-corrected chi connectivity index (χ4v) is 4.13. The number of anilines is 3. The van der Waals surface area contributed by atoms with E-state index in [0.29, 0.717) is 41.6 Å². The van der Waals surface area contributed by atoms with Crippen molar-refractivity contribution in [2.45, 2.75) is 25.7 Å². The molecule has 1 fully saturated rings. The third-order valence-electron chi connectivity index (χ3n) is 6.20. The van der Waals surface area contributed by atoms with Crippen molar-refractivity contribution in [2.24, 2.45) is 0 Å². The summed E-state index contributed by atoms with van der Waals surface area (Å²) in [6.07, 6.45) is 3.36. The van der Waals surface area contributed by atoms with Crippen molar-refractivity contribution in [3.05, 3.63) is 83.0 Å². The first-order valence-electron chi connectivity index (χ1n) is 11.1. The molecule has 2 amide bonds. The van der Waals surface area contributed by atoms with Crippen LogP contribution in [0.5, 0.6) is 0 Å². The third kappa shape index (κ3) is 5.14. The van der Waals surface area contributed by atoms with Crippen LogP contribution in [-0.4, -0.2) is 41.8 Å². The molecule has 0 aliphatic carbocycles. The molecule has 0 bridgehead atoms. The van der Waals surface area contributed by atoms with E-state index in [0.717, 1.165) is 24.1 Å². The first-order chi connectivity index (χ1) is 15.9. The maximum Gasteiger partial charge on any atom is 0.257 e. The molecule has 170 valence electrons. The average molecular weight is 444 g/mol. The highest BCUT2D eigenvalue weighted by atomic mass is 16.2. The van der Waals surface area contributed by atoms with E-state index in [1.807, 2.05) is 36.1 Å². The Labute approximate surface area is 194 Å². The molecule has 1 aliphatic rings. The predicted molar refractivity (Wildman–Crippen MR) is 132 cm³/mol. The van der Waals surface area contributed by atoms with Crippen molar-refractivity contribution in [3.8, 4) is 0 Å². The second kappa shape index (κ2) is 9.73. The van der Waals surface area contributed by atoms with Gasteiger partial charge in [0.05, 0.1) is 5.56 Å². The number of carbonyl (C=O) groups is 2. The Morgan fingerprint density at radius 2 is 1.70 bits per heavy atom. The van der Waals surface area contributed by atoms with Gasteiger partial charge in [-0.05, 0) is 73.2 Å². The Balaban J connectivity index is 1.42. The number of likely N-dealkylation sites (tertiary alicyclic amines) is 1. The van der Waals surface area contributed by atoms with Crippen molar-refractivity contribution >= 4 is 29.0 Å². The van der Waals surface area contributed by atoms with Gasteiger partial charge < -0.3 is 21.3 Å². The van der Waals surface area contributed by atoms with Gasteiger partial charge in [0.2, 0.25) is 0 Å². The van der Waals surface area contributed by atoms with E-state index in [4.69, 9.17) is 5.73 Å². The standard InChI is InChI=1S/C26H29N5O2/c1-17-3-4-20(15-23(17)30-25(32)21-7-10-24(28-2)29-16-21)26(33)31-13-11-19(12-14-31)18-5-8-22(27)9-6-18/h3-10,15-16,19H,11-14,27H2,1-2H3,(H,28,29)(H,30,32). The second-order valence-corrected chi connectivity index (χ2v) is 8.40. The Bertz CT molecular complexity index is 1130. The monoisotopic (exact) mass is 443 g/mol. The summed E-state index contributed by atoms with van der Waals surface area (Å²) in [6, 6.07) is 16.9. The van der Waals surface area contributed by atoms with Crippen molar-refractivity contribution < 1.29 is 9.59 Å². The Morgan fingerprint density at radius 1 is 1.00 bits per heavy atom. The number of piperidine rings is 1. The van der Waals surface area contributed by atoms with Crippen LogP contribution in [0.2, 0.25) is 0 Å². The molecule has 1 saturated heterocycles. The van der Waals surface area contributed by atoms with Crippen LogP contribution in [0, 0.1) is 6.92 Å². The summed E-state index contributed by atoms with van der Waals surface area (Å²) < 4.78 is 0. The van der Waals surface area contributed by atoms with Crippen LogP contribution in [-0.2, 0) is 0 Å². The van der Waals surface area contributed by atoms with Gasteiger partial charge in [0.15, 0.2) is 0 Å². The molecular weight excluding hydrogens is 414 g/mol. The zero-order valence-corrected chi connectivity index (χ0v) is 19.0. The molecule has 3 aromatic rings. The highest BCUT2D eigenvalue weighted by molar-refractivity contribution is 6.05. The van der Waals surface area contributed by atoms with Crippen LogP contribution >= 0.6 is 0 Å². The minimum Gasteiger partial charge on any atom is -0.399 e. The van der Waals surface area contributed by atoms with Gasteiger partial charge in [-0.1, -0.05) is 18.2 Å². The number of carbonyl (C=O) groups excluding carboxylic acids is 2. The maximum atomic E-state index is 13.2. The molecule has 33 heavy (non-hydrogen) atoms. The van der Waals surface area contributed by atoms with Gasteiger partial charge in [-0.25, -0.2) is 4.98 Å². The lowest BCUT2D eigenvalue weighted by Gasteiger charge is -2.32. The lowest BCUT2D eigenvalue weighted by atomic mass is 9.89. The summed E-state index contributed by atoms with van der Waals surface area (Å²) in [7, 11) is 1.77. The topological polar surface area (TPSA) is 100 Å². The lowest BCUT2D eigenvalue weighted by Crippen LogP contribution is -2.38. The molecule has 7 nitrogen and oxygen atoms in total. The summed E-state index contributed by atoms with van der Waals surface area (Å²) in [4.78, 5) is 31.9. The first-order valence-corrected chi connectivity index (χ1v) is 11.1. The zero-order chi connectivity index (χ0) is 23.4. The van der Waals surface area contributed by atoms with Crippen LogP contribution in [0.4, 0.5) is 17.2 Å². The molecule has 1 aromatic heterocycles. The van der Waals surface area contributed by atoms with Gasteiger partial charge >= 0.3 is 0 Å². The molecule has 2 aromatic carbocycles. The van der Waals surface area contributed by atoms with Crippen LogP contribution in [0.1, 0.15) is 50.6 Å². The van der Waals surface area contributed by atoms with Crippen molar-refractivity contribution in [1.82, 2.24) is 9.88 Å². The summed E-state index contributed by atoms with van der Waals surface area (Å²) >= 11 is 0. The minimum atomic E-state index is -0.262. The number of benzene rings is 2. The number of hydrogen-bond donors (Lipinski definition) is 3. The van der Waals surface area contributed by atoms with Crippen LogP contribution in [0.15, 0.2) is 60.8 Å². The van der Waals surface area contributed by atoms with E-state index >= 15 is 0 Å². The number of rotatable bonds is 5. The molecule has 0 saturated carbocycles. The van der Waals surface area contributed by atoms with Gasteiger partial charge in [-0.2, -0.15) is 0 Å². The van der Waals surface area contributed by atoms with E-state index < -0.39 is 0 Å². The van der Waals surface area contributed by atoms with E-state index in [1.54, 1.807) is 25.2 Å². The number of nitrogens with one attached hydrogen (secondary N) is 2. The van der Waals surface area contributed by atoms with Gasteiger partial charge in [-0.3, -0.25) is 9.59 Å². The molecule has 0 unspecified atom stereocenters. The smallest absolute Gasteiger partial charge is 0.257 e. The molecule has 4 rings (SSSR count). The Kier molecular flexibility index (Phi) is 6.58. The van der Waals surface area contributed by atoms with E-state index in [1.165, 1.54) is 11.8 Å². The van der Waals surface area contributed by atoms with Gasteiger partial charge in [-0.15, -0.1) is 0 Å². The number of nitrogens with zero attached hydrogens (tertiary/aromatic N) is 2. The van der Waals surface area contributed by atoms with Crippen molar-refractivity contribution in [3.63, 3.8) is 0 Å². The predicted octanol–water partition coefficient (Wildman–Crippen LogP) is 4.29. The maximum absolute atomic E-state index is 13.2. The van der Waals surface area contributed by atoms with Crippen molar-refractivity contribution in [1.29, 1.82) is 0 Å². The molecular formula is C26H29N5O2. The SMILES string of the molecule is CNc1ccc(C(=O)Nc2cc(C(=O)N3CCC(c4ccc(N)cc4)CC3)ccc2C)cn1. The number of amides is 2. The molecule has 0 spiro atoms.